The van der Waals surface area contributed by atoms with E-state index in [2.05, 4.69) is 22.5 Å². The van der Waals surface area contributed by atoms with Crippen LogP contribution in [0.25, 0.3) is 0 Å². The molecule has 2 unspecified atom stereocenters. The molecule has 0 aromatic carbocycles. The van der Waals surface area contributed by atoms with Gasteiger partial charge in [0, 0.05) is 31.4 Å². The molecule has 5 heteroatoms. The van der Waals surface area contributed by atoms with Crippen molar-refractivity contribution in [3.05, 3.63) is 18.7 Å². The second-order valence-electron chi connectivity index (χ2n) is 4.66. The zero-order valence-corrected chi connectivity index (χ0v) is 10.2. The van der Waals surface area contributed by atoms with Gasteiger partial charge < -0.3 is 15.2 Å². The first-order valence-corrected chi connectivity index (χ1v) is 6.21. The van der Waals surface area contributed by atoms with Crippen LogP contribution in [0.1, 0.15) is 19.8 Å². The largest absolute Gasteiger partial charge is 0.353 e. The number of amides is 1. The van der Waals surface area contributed by atoms with E-state index >= 15 is 0 Å². The van der Waals surface area contributed by atoms with Crippen molar-refractivity contribution >= 4 is 5.91 Å². The molecule has 2 N–H and O–H groups in total. The molecular weight excluding hydrogens is 216 g/mol. The van der Waals surface area contributed by atoms with Crippen molar-refractivity contribution in [2.45, 2.75) is 32.4 Å². The van der Waals surface area contributed by atoms with Crippen LogP contribution in [-0.2, 0) is 11.3 Å². The Morgan fingerprint density at radius 2 is 2.59 bits per heavy atom. The Hall–Kier alpha value is -1.36. The van der Waals surface area contributed by atoms with E-state index in [1.807, 2.05) is 10.8 Å². The summed E-state index contributed by atoms with van der Waals surface area (Å²) in [4.78, 5) is 15.7. The molecule has 1 saturated heterocycles. The van der Waals surface area contributed by atoms with Crippen LogP contribution in [0.2, 0.25) is 0 Å². The maximum Gasteiger partial charge on any atom is 0.222 e. The Morgan fingerprint density at radius 1 is 1.71 bits per heavy atom. The number of carbonyl (C=O) groups is 1. The smallest absolute Gasteiger partial charge is 0.222 e. The zero-order valence-electron chi connectivity index (χ0n) is 10.2. The first kappa shape index (κ1) is 12.1. The van der Waals surface area contributed by atoms with Crippen LogP contribution >= 0.6 is 0 Å². The summed E-state index contributed by atoms with van der Waals surface area (Å²) in [5.41, 5.74) is 0. The highest BCUT2D eigenvalue weighted by molar-refractivity contribution is 5.76. The molecule has 1 aliphatic rings. The fourth-order valence-corrected chi connectivity index (χ4v) is 2.20. The average molecular weight is 236 g/mol. The molecule has 1 aliphatic heterocycles. The zero-order chi connectivity index (χ0) is 12.1. The van der Waals surface area contributed by atoms with E-state index in [1.165, 1.54) is 0 Å². The Labute approximate surface area is 102 Å². The van der Waals surface area contributed by atoms with Gasteiger partial charge >= 0.3 is 0 Å². The third kappa shape index (κ3) is 3.56. The molecule has 1 fully saturated rings. The molecule has 17 heavy (non-hydrogen) atoms. The third-order valence-corrected chi connectivity index (χ3v) is 3.35. The molecule has 0 saturated carbocycles. The topological polar surface area (TPSA) is 59.0 Å². The number of rotatable bonds is 5. The predicted molar refractivity (Wildman–Crippen MR) is 65.4 cm³/mol. The molecule has 1 amide bonds. The second-order valence-corrected chi connectivity index (χ2v) is 4.66. The molecule has 1 aromatic heterocycles. The fourth-order valence-electron chi connectivity index (χ4n) is 2.20. The molecule has 0 spiro atoms. The van der Waals surface area contributed by atoms with Gasteiger partial charge in [0.15, 0.2) is 0 Å². The third-order valence-electron chi connectivity index (χ3n) is 3.35. The van der Waals surface area contributed by atoms with Crippen LogP contribution in [0.4, 0.5) is 0 Å². The molecule has 94 valence electrons. The van der Waals surface area contributed by atoms with E-state index in [-0.39, 0.29) is 11.9 Å². The second kappa shape index (κ2) is 5.82. The lowest BCUT2D eigenvalue weighted by molar-refractivity contribution is -0.122. The normalized spacial score (nSPS) is 21.4. The van der Waals surface area contributed by atoms with Gasteiger partial charge in [-0.05, 0) is 32.4 Å². The highest BCUT2D eigenvalue weighted by Gasteiger charge is 2.22. The average Bonchev–Trinajstić information content (AvgIpc) is 2.99. The van der Waals surface area contributed by atoms with Gasteiger partial charge in [-0.15, -0.1) is 0 Å². The van der Waals surface area contributed by atoms with E-state index in [1.54, 1.807) is 12.5 Å². The number of nitrogens with one attached hydrogen (secondary N) is 2. The van der Waals surface area contributed by atoms with Gasteiger partial charge in [-0.2, -0.15) is 0 Å². The Kier molecular flexibility index (Phi) is 4.14. The first-order valence-electron chi connectivity index (χ1n) is 6.21. The fraction of sp³-hybridized carbons (Fsp3) is 0.667. The van der Waals surface area contributed by atoms with Crippen LogP contribution in [0.3, 0.4) is 0 Å². The molecule has 5 nitrogen and oxygen atoms in total. The van der Waals surface area contributed by atoms with Gasteiger partial charge in [0.05, 0.1) is 6.33 Å². The molecule has 1 aromatic rings. The summed E-state index contributed by atoms with van der Waals surface area (Å²) in [6, 6.07) is 0.264. The van der Waals surface area contributed by atoms with E-state index in [4.69, 9.17) is 0 Å². The van der Waals surface area contributed by atoms with Gasteiger partial charge in [-0.25, -0.2) is 4.98 Å². The minimum absolute atomic E-state index is 0.123. The van der Waals surface area contributed by atoms with Crippen LogP contribution in [0.5, 0.6) is 0 Å². The summed E-state index contributed by atoms with van der Waals surface area (Å²) in [6.45, 7) is 4.87. The van der Waals surface area contributed by atoms with Gasteiger partial charge in [-0.1, -0.05) is 0 Å². The molecule has 0 aliphatic carbocycles. The minimum Gasteiger partial charge on any atom is -0.353 e. The quantitative estimate of drug-likeness (QED) is 0.777. The molecule has 2 rings (SSSR count). The van der Waals surface area contributed by atoms with Crippen LogP contribution in [0.15, 0.2) is 18.7 Å². The molecule has 0 radical (unpaired) electrons. The van der Waals surface area contributed by atoms with Gasteiger partial charge in [0.2, 0.25) is 5.91 Å². The number of hydrogen-bond acceptors (Lipinski definition) is 3. The summed E-state index contributed by atoms with van der Waals surface area (Å²) in [5, 5.41) is 6.39. The van der Waals surface area contributed by atoms with Crippen molar-refractivity contribution in [3.8, 4) is 0 Å². The van der Waals surface area contributed by atoms with E-state index in [0.29, 0.717) is 18.9 Å². The molecule has 0 bridgehead atoms. The summed E-state index contributed by atoms with van der Waals surface area (Å²) in [6.07, 6.45) is 7.00. The van der Waals surface area contributed by atoms with Crippen LogP contribution in [-0.4, -0.2) is 34.6 Å². The highest BCUT2D eigenvalue weighted by Crippen LogP contribution is 2.12. The van der Waals surface area contributed by atoms with E-state index < -0.39 is 0 Å². The van der Waals surface area contributed by atoms with Gasteiger partial charge in [-0.3, -0.25) is 4.79 Å². The van der Waals surface area contributed by atoms with Crippen LogP contribution in [0, 0.1) is 5.92 Å². The molecule has 2 heterocycles. The SMILES string of the molecule is CC(NC(=O)CCn1ccnc1)C1CCNC1. The number of aromatic nitrogens is 2. The maximum absolute atomic E-state index is 11.7. The lowest BCUT2D eigenvalue weighted by Gasteiger charge is -2.19. The number of hydrogen-bond donors (Lipinski definition) is 2. The summed E-state index contributed by atoms with van der Waals surface area (Å²) in [5.74, 6) is 0.699. The van der Waals surface area contributed by atoms with Crippen molar-refractivity contribution in [1.82, 2.24) is 20.2 Å². The summed E-state index contributed by atoms with van der Waals surface area (Å²) < 4.78 is 1.92. The van der Waals surface area contributed by atoms with Crippen molar-refractivity contribution in [2.75, 3.05) is 13.1 Å². The van der Waals surface area contributed by atoms with Crippen molar-refractivity contribution in [3.63, 3.8) is 0 Å². The minimum atomic E-state index is 0.123. The lowest BCUT2D eigenvalue weighted by atomic mass is 10.0. The predicted octanol–water partition coefficient (Wildman–Crippen LogP) is 0.387. The summed E-state index contributed by atoms with van der Waals surface area (Å²) in [7, 11) is 0. The molecule has 2 atom stereocenters. The Morgan fingerprint density at radius 3 is 3.24 bits per heavy atom. The summed E-state index contributed by atoms with van der Waals surface area (Å²) >= 11 is 0. The maximum atomic E-state index is 11.7. The van der Waals surface area contributed by atoms with Crippen molar-refractivity contribution in [2.24, 2.45) is 5.92 Å². The monoisotopic (exact) mass is 236 g/mol. The standard InChI is InChI=1S/C12H20N4O/c1-10(11-2-4-13-8-11)15-12(17)3-6-16-7-5-14-9-16/h5,7,9-11,13H,2-4,6,8H2,1H3,(H,15,17). The van der Waals surface area contributed by atoms with Gasteiger partial charge in [0.25, 0.3) is 0 Å². The van der Waals surface area contributed by atoms with E-state index in [0.717, 1.165) is 19.5 Å². The van der Waals surface area contributed by atoms with Crippen LogP contribution < -0.4 is 10.6 Å². The van der Waals surface area contributed by atoms with E-state index in [9.17, 15) is 4.79 Å². The van der Waals surface area contributed by atoms with Crippen molar-refractivity contribution < 1.29 is 4.79 Å². The Bertz CT molecular complexity index is 343. The van der Waals surface area contributed by atoms with Gasteiger partial charge in [0.1, 0.15) is 0 Å². The van der Waals surface area contributed by atoms with Crippen molar-refractivity contribution in [1.29, 1.82) is 0 Å². The molecular formula is C12H20N4O. The lowest BCUT2D eigenvalue weighted by Crippen LogP contribution is -2.39. The highest BCUT2D eigenvalue weighted by atomic mass is 16.1. The number of aryl methyl sites for hydroxylation is 1. The number of carbonyl (C=O) groups excluding carboxylic acids is 1. The Balaban J connectivity index is 1.69. The number of imidazole rings is 1. The number of nitrogens with zero attached hydrogens (tertiary/aromatic N) is 2. The first-order chi connectivity index (χ1) is 8.25.